The van der Waals surface area contributed by atoms with Crippen molar-refractivity contribution in [2.75, 3.05) is 7.05 Å². The molecule has 2 nitrogen and oxygen atoms in total. The molecule has 16 heavy (non-hydrogen) atoms. The van der Waals surface area contributed by atoms with Gasteiger partial charge in [0.2, 0.25) is 0 Å². The first-order valence-electron chi connectivity index (χ1n) is 5.21. The first kappa shape index (κ1) is 11.9. The Kier molecular flexibility index (Phi) is 3.21. The topological polar surface area (TPSA) is 24.9 Å². The van der Waals surface area contributed by atoms with Gasteiger partial charge < -0.3 is 5.32 Å². The molecule has 0 aliphatic heterocycles. The van der Waals surface area contributed by atoms with Gasteiger partial charge in [-0.15, -0.1) is 11.3 Å². The van der Waals surface area contributed by atoms with Gasteiger partial charge in [-0.25, -0.2) is 4.98 Å². The lowest BCUT2D eigenvalue weighted by atomic mass is 10.1. The fourth-order valence-electron chi connectivity index (χ4n) is 2.11. The van der Waals surface area contributed by atoms with Crippen LogP contribution in [0.1, 0.15) is 35.1 Å². The lowest BCUT2D eigenvalue weighted by molar-refractivity contribution is -0.137. The van der Waals surface area contributed by atoms with Gasteiger partial charge in [0.25, 0.3) is 0 Å². The molecule has 1 heterocycles. The normalized spacial score (nSPS) is 26.2. The minimum absolute atomic E-state index is 0.242. The SMILES string of the molecule is CNC1CCC(c2cnc(C(F)(F)F)s2)C1. The standard InChI is InChI=1S/C10H13F3N2S/c1-14-7-3-2-6(4-7)8-5-15-9(16-8)10(11,12)13/h5-7,14H,2-4H2,1H3. The lowest BCUT2D eigenvalue weighted by Gasteiger charge is -2.08. The van der Waals surface area contributed by atoms with Crippen molar-refractivity contribution in [2.24, 2.45) is 0 Å². The molecule has 1 aliphatic rings. The van der Waals surface area contributed by atoms with Crippen LogP contribution >= 0.6 is 11.3 Å². The van der Waals surface area contributed by atoms with E-state index in [0.717, 1.165) is 35.5 Å². The number of nitrogens with one attached hydrogen (secondary N) is 1. The Morgan fingerprint density at radius 3 is 2.69 bits per heavy atom. The van der Waals surface area contributed by atoms with Crippen molar-refractivity contribution in [2.45, 2.75) is 37.4 Å². The van der Waals surface area contributed by atoms with Crippen LogP contribution in [-0.4, -0.2) is 18.1 Å². The van der Waals surface area contributed by atoms with Crippen LogP contribution in [-0.2, 0) is 6.18 Å². The summed E-state index contributed by atoms with van der Waals surface area (Å²) in [7, 11) is 1.89. The molecule has 1 N–H and O–H groups in total. The van der Waals surface area contributed by atoms with E-state index >= 15 is 0 Å². The molecule has 90 valence electrons. The molecule has 1 aromatic heterocycles. The highest BCUT2D eigenvalue weighted by atomic mass is 32.1. The van der Waals surface area contributed by atoms with Crippen molar-refractivity contribution in [1.82, 2.24) is 10.3 Å². The summed E-state index contributed by atoms with van der Waals surface area (Å²) in [5.74, 6) is 0.242. The number of hydrogen-bond donors (Lipinski definition) is 1. The highest BCUT2D eigenvalue weighted by Gasteiger charge is 2.36. The van der Waals surface area contributed by atoms with Gasteiger partial charge in [-0.2, -0.15) is 13.2 Å². The fraction of sp³-hybridized carbons (Fsp3) is 0.700. The Labute approximate surface area is 95.9 Å². The quantitative estimate of drug-likeness (QED) is 0.872. The van der Waals surface area contributed by atoms with Crippen LogP contribution in [0.15, 0.2) is 6.20 Å². The van der Waals surface area contributed by atoms with Crippen molar-refractivity contribution in [3.8, 4) is 0 Å². The van der Waals surface area contributed by atoms with Crippen LogP contribution < -0.4 is 5.32 Å². The average molecular weight is 250 g/mol. The van der Waals surface area contributed by atoms with Crippen molar-refractivity contribution < 1.29 is 13.2 Å². The molecule has 0 saturated heterocycles. The minimum atomic E-state index is -4.30. The molecule has 6 heteroatoms. The van der Waals surface area contributed by atoms with Gasteiger partial charge in [-0.1, -0.05) is 0 Å². The second-order valence-electron chi connectivity index (χ2n) is 4.06. The molecule has 1 fully saturated rings. The van der Waals surface area contributed by atoms with Gasteiger partial charge in [-0.05, 0) is 32.2 Å². The Morgan fingerprint density at radius 2 is 2.19 bits per heavy atom. The zero-order chi connectivity index (χ0) is 11.8. The van der Waals surface area contributed by atoms with Gasteiger partial charge >= 0.3 is 6.18 Å². The third-order valence-corrected chi connectivity index (χ3v) is 4.21. The van der Waals surface area contributed by atoms with Crippen molar-refractivity contribution in [3.05, 3.63) is 16.1 Å². The summed E-state index contributed by atoms with van der Waals surface area (Å²) in [6.45, 7) is 0. The maximum absolute atomic E-state index is 12.4. The maximum Gasteiger partial charge on any atom is 0.443 e. The van der Waals surface area contributed by atoms with Gasteiger partial charge in [0.05, 0.1) is 0 Å². The molecule has 0 bridgehead atoms. The van der Waals surface area contributed by atoms with E-state index in [1.54, 1.807) is 0 Å². The Balaban J connectivity index is 2.08. The lowest BCUT2D eigenvalue weighted by Crippen LogP contribution is -2.20. The summed E-state index contributed by atoms with van der Waals surface area (Å²) in [4.78, 5) is 4.22. The zero-order valence-corrected chi connectivity index (χ0v) is 9.66. The summed E-state index contributed by atoms with van der Waals surface area (Å²) < 4.78 is 37.1. The van der Waals surface area contributed by atoms with Crippen LogP contribution in [0.2, 0.25) is 0 Å². The molecule has 1 saturated carbocycles. The number of hydrogen-bond acceptors (Lipinski definition) is 3. The number of rotatable bonds is 2. The molecule has 0 aromatic carbocycles. The Bertz CT molecular complexity index is 361. The highest BCUT2D eigenvalue weighted by molar-refractivity contribution is 7.11. The smallest absolute Gasteiger partial charge is 0.317 e. The van der Waals surface area contributed by atoms with Gasteiger partial charge in [-0.3, -0.25) is 0 Å². The third-order valence-electron chi connectivity index (χ3n) is 3.01. The van der Waals surface area contributed by atoms with Crippen LogP contribution in [0.3, 0.4) is 0 Å². The summed E-state index contributed by atoms with van der Waals surface area (Å²) in [6.07, 6.45) is -0.0263. The summed E-state index contributed by atoms with van der Waals surface area (Å²) >= 11 is 0.786. The summed E-state index contributed by atoms with van der Waals surface area (Å²) in [6, 6.07) is 0.432. The van der Waals surface area contributed by atoms with E-state index in [2.05, 4.69) is 10.3 Å². The molecule has 1 aromatic rings. The van der Waals surface area contributed by atoms with Gasteiger partial charge in [0, 0.05) is 17.1 Å². The molecule has 0 amide bonds. The molecule has 2 atom stereocenters. The second-order valence-corrected chi connectivity index (χ2v) is 5.12. The predicted molar refractivity (Wildman–Crippen MR) is 56.6 cm³/mol. The molecular weight excluding hydrogens is 237 g/mol. The largest absolute Gasteiger partial charge is 0.443 e. The number of aromatic nitrogens is 1. The molecule has 2 unspecified atom stereocenters. The average Bonchev–Trinajstić information content (AvgIpc) is 2.85. The van der Waals surface area contributed by atoms with Crippen LogP contribution in [0, 0.1) is 0 Å². The minimum Gasteiger partial charge on any atom is -0.317 e. The Hall–Kier alpha value is -0.620. The second kappa shape index (κ2) is 4.33. The molecule has 1 aliphatic carbocycles. The number of alkyl halides is 3. The maximum atomic E-state index is 12.4. The first-order chi connectivity index (χ1) is 7.50. The summed E-state index contributed by atoms with van der Waals surface area (Å²) in [5.41, 5.74) is 0. The van der Waals surface area contributed by atoms with E-state index < -0.39 is 11.2 Å². The van der Waals surface area contributed by atoms with E-state index in [1.807, 2.05) is 7.05 Å². The number of thiazole rings is 1. The van der Waals surface area contributed by atoms with Crippen molar-refractivity contribution >= 4 is 11.3 Å². The van der Waals surface area contributed by atoms with Gasteiger partial charge in [0.15, 0.2) is 5.01 Å². The number of halogens is 3. The third kappa shape index (κ3) is 2.38. The predicted octanol–water partition coefficient (Wildman–Crippen LogP) is 3.02. The van der Waals surface area contributed by atoms with Crippen LogP contribution in [0.4, 0.5) is 13.2 Å². The summed E-state index contributed by atoms with van der Waals surface area (Å²) in [5, 5.41) is 2.44. The molecule has 0 radical (unpaired) electrons. The monoisotopic (exact) mass is 250 g/mol. The van der Waals surface area contributed by atoms with E-state index in [4.69, 9.17) is 0 Å². The molecule has 2 rings (SSSR count). The van der Waals surface area contributed by atoms with E-state index in [-0.39, 0.29) is 5.92 Å². The van der Waals surface area contributed by atoms with E-state index in [0.29, 0.717) is 6.04 Å². The molecular formula is C10H13F3N2S. The Morgan fingerprint density at radius 1 is 1.44 bits per heavy atom. The van der Waals surface area contributed by atoms with E-state index in [9.17, 15) is 13.2 Å². The highest BCUT2D eigenvalue weighted by Crippen LogP contribution is 2.40. The van der Waals surface area contributed by atoms with Crippen molar-refractivity contribution in [3.63, 3.8) is 0 Å². The van der Waals surface area contributed by atoms with Crippen molar-refractivity contribution in [1.29, 1.82) is 0 Å². The fourth-order valence-corrected chi connectivity index (χ4v) is 3.04. The van der Waals surface area contributed by atoms with Crippen LogP contribution in [0.5, 0.6) is 0 Å². The first-order valence-corrected chi connectivity index (χ1v) is 6.02. The zero-order valence-electron chi connectivity index (χ0n) is 8.84. The van der Waals surface area contributed by atoms with Gasteiger partial charge in [0.1, 0.15) is 0 Å². The van der Waals surface area contributed by atoms with Crippen LogP contribution in [0.25, 0.3) is 0 Å². The molecule has 0 spiro atoms. The number of nitrogens with zero attached hydrogens (tertiary/aromatic N) is 1. The van der Waals surface area contributed by atoms with E-state index in [1.165, 1.54) is 6.20 Å².